The minimum atomic E-state index is 0.779. The third-order valence-corrected chi connectivity index (χ3v) is 3.13. The highest BCUT2D eigenvalue weighted by Gasteiger charge is 1.93. The van der Waals surface area contributed by atoms with E-state index in [1.807, 2.05) is 7.05 Å². The van der Waals surface area contributed by atoms with Crippen molar-refractivity contribution < 1.29 is 4.79 Å². The third-order valence-electron chi connectivity index (χ3n) is 3.13. The first-order valence-electron chi connectivity index (χ1n) is 7.74. The zero-order chi connectivity index (χ0) is 14.9. The molecule has 19 heavy (non-hydrogen) atoms. The van der Waals surface area contributed by atoms with Crippen molar-refractivity contribution in [3.8, 4) is 0 Å². The summed E-state index contributed by atoms with van der Waals surface area (Å²) in [6.07, 6.45) is 7.21. The summed E-state index contributed by atoms with van der Waals surface area (Å²) in [5, 5.41) is 0. The van der Waals surface area contributed by atoms with Gasteiger partial charge in [-0.05, 0) is 19.5 Å². The first kappa shape index (κ1) is 20.7. The second-order valence-electron chi connectivity index (χ2n) is 4.82. The molecule has 0 saturated heterocycles. The molecular formula is C15H35N3O. The molecule has 0 aliphatic rings. The number of likely N-dealkylation sites (N-methyl/N-ethyl adjacent to an activating group) is 1. The van der Waals surface area contributed by atoms with Gasteiger partial charge in [0.1, 0.15) is 0 Å². The molecule has 4 nitrogen and oxygen atoms in total. The predicted molar refractivity (Wildman–Crippen MR) is 84.3 cm³/mol. The SMILES string of the molecule is CCCCCCCN(C)C=O.CCN(CC)CCN. The number of carbonyl (C=O) groups is 1. The topological polar surface area (TPSA) is 49.6 Å². The third kappa shape index (κ3) is 17.4. The Morgan fingerprint density at radius 3 is 1.89 bits per heavy atom. The number of nitrogens with two attached hydrogens (primary N) is 1. The van der Waals surface area contributed by atoms with E-state index in [-0.39, 0.29) is 0 Å². The Kier molecular flexibility index (Phi) is 18.9. The lowest BCUT2D eigenvalue weighted by atomic mass is 10.1. The molecule has 0 spiro atoms. The van der Waals surface area contributed by atoms with Crippen LogP contribution in [0.15, 0.2) is 0 Å². The Labute approximate surface area is 120 Å². The van der Waals surface area contributed by atoms with Gasteiger partial charge in [-0.25, -0.2) is 0 Å². The van der Waals surface area contributed by atoms with E-state index < -0.39 is 0 Å². The molecule has 0 fully saturated rings. The van der Waals surface area contributed by atoms with Gasteiger partial charge in [0.05, 0.1) is 0 Å². The molecule has 1 amide bonds. The molecule has 0 atom stereocenters. The van der Waals surface area contributed by atoms with Crippen molar-refractivity contribution in [2.75, 3.05) is 39.8 Å². The molecule has 0 aromatic heterocycles. The summed E-state index contributed by atoms with van der Waals surface area (Å²) in [6.45, 7) is 11.5. The monoisotopic (exact) mass is 273 g/mol. The van der Waals surface area contributed by atoms with Crippen LogP contribution < -0.4 is 5.73 Å². The first-order valence-corrected chi connectivity index (χ1v) is 7.74. The van der Waals surface area contributed by atoms with Gasteiger partial charge in [0.2, 0.25) is 6.41 Å². The highest BCUT2D eigenvalue weighted by Crippen LogP contribution is 2.02. The minimum Gasteiger partial charge on any atom is -0.348 e. The number of hydrogen-bond donors (Lipinski definition) is 1. The van der Waals surface area contributed by atoms with Gasteiger partial charge in [-0.15, -0.1) is 0 Å². The van der Waals surface area contributed by atoms with E-state index in [0.717, 1.165) is 45.6 Å². The van der Waals surface area contributed by atoms with Gasteiger partial charge in [0, 0.05) is 26.7 Å². The smallest absolute Gasteiger partial charge is 0.209 e. The van der Waals surface area contributed by atoms with Crippen LogP contribution in [0.25, 0.3) is 0 Å². The highest BCUT2D eigenvalue weighted by atomic mass is 16.1. The number of unbranched alkanes of at least 4 members (excludes halogenated alkanes) is 4. The molecule has 0 unspecified atom stereocenters. The largest absolute Gasteiger partial charge is 0.348 e. The molecular weight excluding hydrogens is 238 g/mol. The molecule has 2 N–H and O–H groups in total. The second-order valence-corrected chi connectivity index (χ2v) is 4.82. The summed E-state index contributed by atoms with van der Waals surface area (Å²) >= 11 is 0. The van der Waals surface area contributed by atoms with Gasteiger partial charge in [-0.1, -0.05) is 46.5 Å². The van der Waals surface area contributed by atoms with E-state index in [1.165, 1.54) is 25.7 Å². The maximum absolute atomic E-state index is 10.2. The van der Waals surface area contributed by atoms with Crippen molar-refractivity contribution in [2.45, 2.75) is 52.9 Å². The zero-order valence-electron chi connectivity index (χ0n) is 13.5. The lowest BCUT2D eigenvalue weighted by Gasteiger charge is -2.15. The fourth-order valence-electron chi connectivity index (χ4n) is 1.74. The number of hydrogen-bond acceptors (Lipinski definition) is 3. The van der Waals surface area contributed by atoms with Gasteiger partial charge in [0.15, 0.2) is 0 Å². The van der Waals surface area contributed by atoms with Crippen molar-refractivity contribution in [1.29, 1.82) is 0 Å². The van der Waals surface area contributed by atoms with E-state index in [4.69, 9.17) is 5.73 Å². The van der Waals surface area contributed by atoms with E-state index in [1.54, 1.807) is 4.90 Å². The summed E-state index contributed by atoms with van der Waals surface area (Å²) < 4.78 is 0. The standard InChI is InChI=1S/C9H19NO.C6H16N2/c1-3-4-5-6-7-8-10(2)9-11;1-3-8(4-2)6-5-7/h9H,3-8H2,1-2H3;3-7H2,1-2H3. The quantitative estimate of drug-likeness (QED) is 0.464. The fraction of sp³-hybridized carbons (Fsp3) is 0.933. The Bertz CT molecular complexity index is 173. The van der Waals surface area contributed by atoms with Crippen LogP contribution in [0.4, 0.5) is 0 Å². The molecule has 0 saturated carbocycles. The van der Waals surface area contributed by atoms with Crippen LogP contribution in [0.3, 0.4) is 0 Å². The van der Waals surface area contributed by atoms with Crippen LogP contribution in [-0.2, 0) is 4.79 Å². The molecule has 4 heteroatoms. The summed E-state index contributed by atoms with van der Waals surface area (Å²) in [5.74, 6) is 0. The van der Waals surface area contributed by atoms with Crippen LogP contribution in [0.2, 0.25) is 0 Å². The van der Waals surface area contributed by atoms with E-state index in [0.29, 0.717) is 0 Å². The molecule has 0 aromatic rings. The number of rotatable bonds is 11. The van der Waals surface area contributed by atoms with Gasteiger partial charge in [0.25, 0.3) is 0 Å². The Morgan fingerprint density at radius 2 is 1.53 bits per heavy atom. The van der Waals surface area contributed by atoms with Gasteiger partial charge >= 0.3 is 0 Å². The Balaban J connectivity index is 0. The van der Waals surface area contributed by atoms with Crippen molar-refractivity contribution in [2.24, 2.45) is 5.73 Å². The average Bonchev–Trinajstić information content (AvgIpc) is 2.45. The first-order chi connectivity index (χ1) is 9.15. The number of amides is 1. The maximum atomic E-state index is 10.2. The lowest BCUT2D eigenvalue weighted by Crippen LogP contribution is -2.28. The van der Waals surface area contributed by atoms with Crippen LogP contribution in [-0.4, -0.2) is 56.0 Å². The van der Waals surface area contributed by atoms with Crippen LogP contribution >= 0.6 is 0 Å². The zero-order valence-corrected chi connectivity index (χ0v) is 13.5. The maximum Gasteiger partial charge on any atom is 0.209 e. The highest BCUT2D eigenvalue weighted by molar-refractivity contribution is 5.46. The van der Waals surface area contributed by atoms with E-state index in [9.17, 15) is 4.79 Å². The minimum absolute atomic E-state index is 0.779. The van der Waals surface area contributed by atoms with Crippen molar-refractivity contribution >= 4 is 6.41 Å². The molecule has 0 aliphatic heterocycles. The summed E-state index contributed by atoms with van der Waals surface area (Å²) in [5.41, 5.74) is 5.34. The Hall–Kier alpha value is -0.610. The summed E-state index contributed by atoms with van der Waals surface area (Å²) in [6, 6.07) is 0. The number of carbonyl (C=O) groups excluding carboxylic acids is 1. The molecule has 116 valence electrons. The molecule has 0 heterocycles. The summed E-state index contributed by atoms with van der Waals surface area (Å²) in [4.78, 5) is 14.2. The molecule has 0 rings (SSSR count). The molecule has 0 aromatic carbocycles. The van der Waals surface area contributed by atoms with E-state index >= 15 is 0 Å². The molecule has 0 aliphatic carbocycles. The molecule has 0 bridgehead atoms. The second kappa shape index (κ2) is 17.4. The van der Waals surface area contributed by atoms with Crippen LogP contribution in [0.5, 0.6) is 0 Å². The normalized spacial score (nSPS) is 10.0. The lowest BCUT2D eigenvalue weighted by molar-refractivity contribution is -0.117. The van der Waals surface area contributed by atoms with Crippen molar-refractivity contribution in [3.63, 3.8) is 0 Å². The average molecular weight is 273 g/mol. The Morgan fingerprint density at radius 1 is 0.947 bits per heavy atom. The van der Waals surface area contributed by atoms with Crippen molar-refractivity contribution in [1.82, 2.24) is 9.80 Å². The van der Waals surface area contributed by atoms with Gasteiger partial charge in [-0.2, -0.15) is 0 Å². The van der Waals surface area contributed by atoms with E-state index in [2.05, 4.69) is 25.7 Å². The van der Waals surface area contributed by atoms with Crippen molar-refractivity contribution in [3.05, 3.63) is 0 Å². The van der Waals surface area contributed by atoms with Gasteiger partial charge < -0.3 is 15.5 Å². The van der Waals surface area contributed by atoms with Crippen LogP contribution in [0.1, 0.15) is 52.9 Å². The fourth-order valence-corrected chi connectivity index (χ4v) is 1.74. The van der Waals surface area contributed by atoms with Gasteiger partial charge in [-0.3, -0.25) is 4.79 Å². The molecule has 0 radical (unpaired) electrons. The predicted octanol–water partition coefficient (Wildman–Crippen LogP) is 2.33. The number of nitrogens with zero attached hydrogens (tertiary/aromatic N) is 2. The van der Waals surface area contributed by atoms with Crippen LogP contribution in [0, 0.1) is 0 Å². The summed E-state index contributed by atoms with van der Waals surface area (Å²) in [7, 11) is 1.83.